The van der Waals surface area contributed by atoms with E-state index < -0.39 is 0 Å². The number of carbonyl (C=O) groups excluding carboxylic acids is 1. The minimum absolute atomic E-state index is 0.0137. The topological polar surface area (TPSA) is 67.6 Å². The Morgan fingerprint density at radius 3 is 2.84 bits per heavy atom. The number of ether oxygens (including phenoxy) is 1. The molecule has 1 aliphatic heterocycles. The molecule has 0 saturated heterocycles. The van der Waals surface area contributed by atoms with Crippen molar-refractivity contribution in [3.05, 3.63) is 47.0 Å². The molecule has 0 aromatic heterocycles. The highest BCUT2D eigenvalue weighted by atomic mass is 35.5. The highest BCUT2D eigenvalue weighted by molar-refractivity contribution is 6.31. The van der Waals surface area contributed by atoms with Gasteiger partial charge in [0.2, 0.25) is 5.91 Å². The van der Waals surface area contributed by atoms with E-state index in [1.165, 1.54) is 0 Å². The number of halogens is 1. The zero-order valence-corrected chi connectivity index (χ0v) is 15.3. The number of nitrogens with zero attached hydrogens (tertiary/aromatic N) is 1. The van der Waals surface area contributed by atoms with E-state index >= 15 is 0 Å². The second-order valence-corrected chi connectivity index (χ2v) is 6.84. The molecular formula is C19H22ClN3O2. The minimum atomic E-state index is -0.382. The molecule has 5 nitrogen and oxygen atoms in total. The molecule has 1 amide bonds. The number of benzene rings is 2. The maximum Gasteiger partial charge on any atom is 0.246 e. The third-order valence-corrected chi connectivity index (χ3v) is 4.77. The van der Waals surface area contributed by atoms with Crippen LogP contribution in [0.3, 0.4) is 0 Å². The number of hydrogen-bond acceptors (Lipinski definition) is 4. The van der Waals surface area contributed by atoms with Gasteiger partial charge in [-0.2, -0.15) is 0 Å². The number of nitrogens with one attached hydrogen (secondary N) is 1. The first-order valence-electron chi connectivity index (χ1n) is 8.25. The smallest absolute Gasteiger partial charge is 0.246 e. The van der Waals surface area contributed by atoms with E-state index in [4.69, 9.17) is 22.1 Å². The molecule has 132 valence electrons. The summed E-state index contributed by atoms with van der Waals surface area (Å²) < 4.78 is 5.85. The Labute approximate surface area is 152 Å². The first-order chi connectivity index (χ1) is 11.8. The van der Waals surface area contributed by atoms with Gasteiger partial charge in [0, 0.05) is 16.4 Å². The van der Waals surface area contributed by atoms with E-state index in [1.807, 2.05) is 49.9 Å². The third kappa shape index (κ3) is 3.66. The highest BCUT2D eigenvalue weighted by Crippen LogP contribution is 2.36. The second-order valence-electron chi connectivity index (χ2n) is 6.44. The monoisotopic (exact) mass is 359 g/mol. The quantitative estimate of drug-likeness (QED) is 0.817. The van der Waals surface area contributed by atoms with E-state index in [2.05, 4.69) is 5.32 Å². The van der Waals surface area contributed by atoms with Crippen LogP contribution < -0.4 is 20.7 Å². The lowest BCUT2D eigenvalue weighted by Crippen LogP contribution is -2.48. The van der Waals surface area contributed by atoms with Gasteiger partial charge in [0.15, 0.2) is 0 Å². The standard InChI is InChI=1S/C19H22ClN3O2/c1-11-4-6-15(9-16(11)20)22-19(24)13(3)23-10-12(2)25-18-7-5-14(21)8-17(18)23/h4-9,12-13H,10,21H2,1-3H3,(H,22,24). The number of hydrogen-bond donors (Lipinski definition) is 2. The lowest BCUT2D eigenvalue weighted by molar-refractivity contribution is -0.117. The molecule has 2 atom stereocenters. The molecule has 1 heterocycles. The van der Waals surface area contributed by atoms with Gasteiger partial charge in [-0.1, -0.05) is 17.7 Å². The normalized spacial score (nSPS) is 17.4. The molecule has 3 N–H and O–H groups in total. The number of nitrogens with two attached hydrogens (primary N) is 1. The SMILES string of the molecule is Cc1ccc(NC(=O)C(C)N2CC(C)Oc3ccc(N)cc32)cc1Cl. The molecule has 0 fully saturated rings. The van der Waals surface area contributed by atoms with E-state index in [1.54, 1.807) is 12.1 Å². The van der Waals surface area contributed by atoms with Crippen LogP contribution in [-0.2, 0) is 4.79 Å². The fourth-order valence-corrected chi connectivity index (χ4v) is 3.09. The largest absolute Gasteiger partial charge is 0.487 e. The molecule has 0 bridgehead atoms. The highest BCUT2D eigenvalue weighted by Gasteiger charge is 2.30. The Bertz CT molecular complexity index is 809. The van der Waals surface area contributed by atoms with Crippen molar-refractivity contribution >= 4 is 34.6 Å². The van der Waals surface area contributed by atoms with Crippen LogP contribution in [0.4, 0.5) is 17.1 Å². The van der Waals surface area contributed by atoms with Crippen molar-refractivity contribution in [1.29, 1.82) is 0 Å². The molecule has 3 rings (SSSR count). The lowest BCUT2D eigenvalue weighted by Gasteiger charge is -2.38. The summed E-state index contributed by atoms with van der Waals surface area (Å²) in [4.78, 5) is 14.8. The zero-order chi connectivity index (χ0) is 18.1. The fraction of sp³-hybridized carbons (Fsp3) is 0.316. The first kappa shape index (κ1) is 17.4. The van der Waals surface area contributed by atoms with Crippen LogP contribution in [0.1, 0.15) is 19.4 Å². The van der Waals surface area contributed by atoms with Gasteiger partial charge < -0.3 is 20.7 Å². The number of amides is 1. The van der Waals surface area contributed by atoms with Crippen LogP contribution in [0.5, 0.6) is 5.75 Å². The number of carbonyl (C=O) groups is 1. The third-order valence-electron chi connectivity index (χ3n) is 4.36. The Hall–Kier alpha value is -2.40. The number of aryl methyl sites for hydroxylation is 1. The van der Waals surface area contributed by atoms with Gasteiger partial charge in [0.1, 0.15) is 17.9 Å². The molecule has 2 aromatic carbocycles. The van der Waals surface area contributed by atoms with Gasteiger partial charge in [-0.15, -0.1) is 0 Å². The zero-order valence-electron chi connectivity index (χ0n) is 14.5. The van der Waals surface area contributed by atoms with E-state index in [0.29, 0.717) is 22.9 Å². The molecule has 0 aliphatic carbocycles. The van der Waals surface area contributed by atoms with Crippen LogP contribution >= 0.6 is 11.6 Å². The van der Waals surface area contributed by atoms with Crippen molar-refractivity contribution in [3.63, 3.8) is 0 Å². The summed E-state index contributed by atoms with van der Waals surface area (Å²) in [6.45, 7) is 6.39. The maximum absolute atomic E-state index is 12.7. The van der Waals surface area contributed by atoms with Gasteiger partial charge in [-0.05, 0) is 56.7 Å². The second kappa shape index (κ2) is 6.84. The molecule has 6 heteroatoms. The molecule has 0 spiro atoms. The number of rotatable bonds is 3. The Morgan fingerprint density at radius 1 is 1.36 bits per heavy atom. The van der Waals surface area contributed by atoms with Crippen molar-refractivity contribution in [2.24, 2.45) is 0 Å². The Morgan fingerprint density at radius 2 is 2.12 bits per heavy atom. The van der Waals surface area contributed by atoms with Crippen LogP contribution in [0.2, 0.25) is 5.02 Å². The summed E-state index contributed by atoms with van der Waals surface area (Å²) in [7, 11) is 0. The van der Waals surface area contributed by atoms with Gasteiger partial charge in [0.25, 0.3) is 0 Å². The predicted octanol–water partition coefficient (Wildman–Crippen LogP) is 3.85. The summed E-state index contributed by atoms with van der Waals surface area (Å²) in [6.07, 6.45) is -0.0137. The molecule has 2 aromatic rings. The van der Waals surface area contributed by atoms with Crippen LogP contribution in [0.25, 0.3) is 0 Å². The van der Waals surface area contributed by atoms with E-state index in [0.717, 1.165) is 17.0 Å². The molecule has 1 aliphatic rings. The van der Waals surface area contributed by atoms with Crippen molar-refractivity contribution in [1.82, 2.24) is 0 Å². The Balaban J connectivity index is 1.82. The molecule has 0 radical (unpaired) electrons. The lowest BCUT2D eigenvalue weighted by atomic mass is 10.1. The molecule has 25 heavy (non-hydrogen) atoms. The first-order valence-corrected chi connectivity index (χ1v) is 8.63. The summed E-state index contributed by atoms with van der Waals surface area (Å²) in [6, 6.07) is 10.6. The Kier molecular flexibility index (Phi) is 4.77. The molecular weight excluding hydrogens is 338 g/mol. The average Bonchev–Trinajstić information content (AvgIpc) is 2.57. The van der Waals surface area contributed by atoms with Gasteiger partial charge in [0.05, 0.1) is 12.2 Å². The maximum atomic E-state index is 12.7. The van der Waals surface area contributed by atoms with Crippen LogP contribution in [0, 0.1) is 6.92 Å². The van der Waals surface area contributed by atoms with Gasteiger partial charge in [-0.3, -0.25) is 4.79 Å². The number of fused-ring (bicyclic) bond motifs is 1. The number of anilines is 3. The minimum Gasteiger partial charge on any atom is -0.487 e. The van der Waals surface area contributed by atoms with Crippen molar-refractivity contribution < 1.29 is 9.53 Å². The van der Waals surface area contributed by atoms with Crippen molar-refractivity contribution in [2.45, 2.75) is 32.9 Å². The summed E-state index contributed by atoms with van der Waals surface area (Å²) in [5, 5.41) is 3.56. The fourth-order valence-electron chi connectivity index (χ4n) is 2.91. The van der Waals surface area contributed by atoms with Crippen LogP contribution in [-0.4, -0.2) is 24.6 Å². The summed E-state index contributed by atoms with van der Waals surface area (Å²) in [5.74, 6) is 0.633. The predicted molar refractivity (Wildman–Crippen MR) is 103 cm³/mol. The molecule has 2 unspecified atom stereocenters. The molecule has 0 saturated carbocycles. The summed E-state index contributed by atoms with van der Waals surface area (Å²) >= 11 is 6.14. The summed E-state index contributed by atoms with van der Waals surface area (Å²) in [5.41, 5.74) is 9.04. The van der Waals surface area contributed by atoms with Gasteiger partial charge >= 0.3 is 0 Å². The van der Waals surface area contributed by atoms with E-state index in [-0.39, 0.29) is 18.1 Å². The average molecular weight is 360 g/mol. The van der Waals surface area contributed by atoms with Crippen LogP contribution in [0.15, 0.2) is 36.4 Å². The van der Waals surface area contributed by atoms with E-state index in [9.17, 15) is 4.79 Å². The van der Waals surface area contributed by atoms with Crippen molar-refractivity contribution in [3.8, 4) is 5.75 Å². The number of nitrogen functional groups attached to an aromatic ring is 1. The van der Waals surface area contributed by atoms with Gasteiger partial charge in [-0.25, -0.2) is 0 Å². The van der Waals surface area contributed by atoms with Crippen molar-refractivity contribution in [2.75, 3.05) is 22.5 Å².